The lowest BCUT2D eigenvalue weighted by molar-refractivity contribution is -0.117. The Kier molecular flexibility index (Phi) is 3.62. The Bertz CT molecular complexity index is 531. The van der Waals surface area contributed by atoms with Gasteiger partial charge in [0.2, 0.25) is 0 Å². The summed E-state index contributed by atoms with van der Waals surface area (Å²) >= 11 is 0. The standard InChI is InChI=1S/C13H14N2O3/c1-10(16)8-15-9-13(7-14-15)18-12-5-3-11(17-2)4-6-12/h3-7,9H,8H2,1-2H3. The van der Waals surface area contributed by atoms with Crippen molar-refractivity contribution in [1.82, 2.24) is 9.78 Å². The molecule has 1 aromatic heterocycles. The minimum absolute atomic E-state index is 0.0501. The van der Waals surface area contributed by atoms with E-state index >= 15 is 0 Å². The number of ketones is 1. The Labute approximate surface area is 105 Å². The van der Waals surface area contributed by atoms with Crippen molar-refractivity contribution < 1.29 is 14.3 Å². The summed E-state index contributed by atoms with van der Waals surface area (Å²) in [6.07, 6.45) is 3.26. The average Bonchev–Trinajstić information content (AvgIpc) is 2.76. The predicted octanol–water partition coefficient (Wildman–Crippen LogP) is 2.27. The van der Waals surface area contributed by atoms with E-state index in [-0.39, 0.29) is 12.3 Å². The number of benzene rings is 1. The molecule has 0 radical (unpaired) electrons. The molecule has 0 amide bonds. The Morgan fingerprint density at radius 3 is 2.50 bits per heavy atom. The molecule has 0 atom stereocenters. The smallest absolute Gasteiger partial charge is 0.165 e. The molecule has 0 bridgehead atoms. The van der Waals surface area contributed by atoms with Crippen LogP contribution in [0.1, 0.15) is 6.92 Å². The molecule has 0 saturated carbocycles. The van der Waals surface area contributed by atoms with Gasteiger partial charge in [-0.1, -0.05) is 0 Å². The van der Waals surface area contributed by atoms with Crippen molar-refractivity contribution in [2.75, 3.05) is 7.11 Å². The summed E-state index contributed by atoms with van der Waals surface area (Å²) in [4.78, 5) is 10.9. The molecule has 0 unspecified atom stereocenters. The van der Waals surface area contributed by atoms with Gasteiger partial charge in [0.05, 0.1) is 26.0 Å². The largest absolute Gasteiger partial charge is 0.497 e. The van der Waals surface area contributed by atoms with Crippen molar-refractivity contribution in [3.05, 3.63) is 36.7 Å². The molecule has 2 rings (SSSR count). The maximum atomic E-state index is 10.9. The third-order valence-electron chi connectivity index (χ3n) is 2.29. The van der Waals surface area contributed by atoms with Crippen LogP contribution in [0.5, 0.6) is 17.2 Å². The number of nitrogens with zero attached hydrogens (tertiary/aromatic N) is 2. The first-order valence-electron chi connectivity index (χ1n) is 5.51. The van der Waals surface area contributed by atoms with Crippen LogP contribution in [0.4, 0.5) is 0 Å². The van der Waals surface area contributed by atoms with Crippen LogP contribution in [-0.4, -0.2) is 22.7 Å². The third kappa shape index (κ3) is 3.10. The first-order chi connectivity index (χ1) is 8.67. The molecule has 0 N–H and O–H groups in total. The zero-order valence-corrected chi connectivity index (χ0v) is 10.3. The highest BCUT2D eigenvalue weighted by Gasteiger charge is 2.03. The maximum Gasteiger partial charge on any atom is 0.165 e. The van der Waals surface area contributed by atoms with Crippen LogP contribution >= 0.6 is 0 Å². The zero-order valence-electron chi connectivity index (χ0n) is 10.3. The summed E-state index contributed by atoms with van der Waals surface area (Å²) in [5.74, 6) is 2.11. The van der Waals surface area contributed by atoms with Crippen LogP contribution in [0.2, 0.25) is 0 Å². The van der Waals surface area contributed by atoms with Crippen LogP contribution in [0.25, 0.3) is 0 Å². The Balaban J connectivity index is 2.03. The zero-order chi connectivity index (χ0) is 13.0. The van der Waals surface area contributed by atoms with Crippen LogP contribution in [0.3, 0.4) is 0 Å². The summed E-state index contributed by atoms with van der Waals surface area (Å²) in [5.41, 5.74) is 0. The number of hydrogen-bond donors (Lipinski definition) is 0. The highest BCUT2D eigenvalue weighted by molar-refractivity contribution is 5.75. The Morgan fingerprint density at radius 1 is 1.22 bits per heavy atom. The van der Waals surface area contributed by atoms with E-state index in [1.54, 1.807) is 36.3 Å². The Hall–Kier alpha value is -2.30. The van der Waals surface area contributed by atoms with E-state index < -0.39 is 0 Å². The normalized spacial score (nSPS) is 10.1. The molecular formula is C13H14N2O3. The maximum absolute atomic E-state index is 10.9. The van der Waals surface area contributed by atoms with Gasteiger partial charge in [0.1, 0.15) is 11.5 Å². The molecule has 18 heavy (non-hydrogen) atoms. The number of hydrogen-bond acceptors (Lipinski definition) is 4. The molecule has 0 aliphatic rings. The number of methoxy groups -OCH3 is 1. The second-order valence-electron chi connectivity index (χ2n) is 3.85. The summed E-state index contributed by atoms with van der Waals surface area (Å²) < 4.78 is 12.2. The van der Waals surface area contributed by atoms with Crippen molar-refractivity contribution in [3.8, 4) is 17.2 Å². The molecular weight excluding hydrogens is 232 g/mol. The Morgan fingerprint density at radius 2 is 1.89 bits per heavy atom. The molecule has 0 aliphatic heterocycles. The van der Waals surface area contributed by atoms with Crippen LogP contribution in [-0.2, 0) is 11.3 Å². The van der Waals surface area contributed by atoms with E-state index in [1.807, 2.05) is 12.1 Å². The molecule has 2 aromatic rings. The summed E-state index contributed by atoms with van der Waals surface area (Å²) in [6.45, 7) is 1.78. The molecule has 5 nitrogen and oxygen atoms in total. The van der Waals surface area contributed by atoms with Crippen molar-refractivity contribution in [2.45, 2.75) is 13.5 Å². The van der Waals surface area contributed by atoms with Crippen molar-refractivity contribution in [3.63, 3.8) is 0 Å². The van der Waals surface area contributed by atoms with E-state index in [2.05, 4.69) is 5.10 Å². The highest BCUT2D eigenvalue weighted by atomic mass is 16.5. The highest BCUT2D eigenvalue weighted by Crippen LogP contribution is 2.23. The quantitative estimate of drug-likeness (QED) is 0.812. The number of Topliss-reactive ketones (excluding diaryl/α,β-unsaturated/α-hetero) is 1. The number of carbonyl (C=O) groups is 1. The van der Waals surface area contributed by atoms with E-state index in [4.69, 9.17) is 9.47 Å². The molecule has 0 aliphatic carbocycles. The lowest BCUT2D eigenvalue weighted by atomic mass is 10.3. The van der Waals surface area contributed by atoms with Gasteiger partial charge in [-0.25, -0.2) is 0 Å². The van der Waals surface area contributed by atoms with Crippen molar-refractivity contribution in [1.29, 1.82) is 0 Å². The second-order valence-corrected chi connectivity index (χ2v) is 3.85. The first-order valence-corrected chi connectivity index (χ1v) is 5.51. The van der Waals surface area contributed by atoms with Gasteiger partial charge in [-0.3, -0.25) is 9.48 Å². The first kappa shape index (κ1) is 12.2. The van der Waals surface area contributed by atoms with E-state index in [9.17, 15) is 4.79 Å². The van der Waals surface area contributed by atoms with E-state index in [0.717, 1.165) is 5.75 Å². The number of carbonyl (C=O) groups excluding carboxylic acids is 1. The fourth-order valence-electron chi connectivity index (χ4n) is 1.49. The van der Waals surface area contributed by atoms with Gasteiger partial charge in [-0.15, -0.1) is 0 Å². The van der Waals surface area contributed by atoms with Crippen LogP contribution in [0.15, 0.2) is 36.7 Å². The lowest BCUT2D eigenvalue weighted by Gasteiger charge is -2.03. The fraction of sp³-hybridized carbons (Fsp3) is 0.231. The molecule has 1 aromatic carbocycles. The van der Waals surface area contributed by atoms with Gasteiger partial charge in [0.15, 0.2) is 11.5 Å². The minimum Gasteiger partial charge on any atom is -0.497 e. The monoisotopic (exact) mass is 246 g/mol. The molecule has 0 saturated heterocycles. The minimum atomic E-state index is 0.0501. The van der Waals surface area contributed by atoms with Crippen LogP contribution in [0, 0.1) is 0 Å². The SMILES string of the molecule is COc1ccc(Oc2cnn(CC(C)=O)c2)cc1. The lowest BCUT2D eigenvalue weighted by Crippen LogP contribution is -2.05. The van der Waals surface area contributed by atoms with Gasteiger partial charge < -0.3 is 9.47 Å². The van der Waals surface area contributed by atoms with E-state index in [0.29, 0.717) is 11.5 Å². The van der Waals surface area contributed by atoms with Gasteiger partial charge in [0, 0.05) is 0 Å². The average molecular weight is 246 g/mol. The predicted molar refractivity (Wildman–Crippen MR) is 66.0 cm³/mol. The van der Waals surface area contributed by atoms with Gasteiger partial charge in [0.25, 0.3) is 0 Å². The summed E-state index contributed by atoms with van der Waals surface area (Å²) in [5, 5.41) is 4.03. The fourth-order valence-corrected chi connectivity index (χ4v) is 1.49. The van der Waals surface area contributed by atoms with Crippen LogP contribution < -0.4 is 9.47 Å². The molecule has 1 heterocycles. The van der Waals surface area contributed by atoms with Gasteiger partial charge in [-0.2, -0.15) is 5.10 Å². The molecule has 94 valence electrons. The second kappa shape index (κ2) is 5.35. The molecule has 0 spiro atoms. The molecule has 5 heteroatoms. The number of ether oxygens (including phenoxy) is 2. The summed E-state index contributed by atoms with van der Waals surface area (Å²) in [6, 6.07) is 7.24. The van der Waals surface area contributed by atoms with Crippen molar-refractivity contribution in [2.24, 2.45) is 0 Å². The van der Waals surface area contributed by atoms with Gasteiger partial charge >= 0.3 is 0 Å². The third-order valence-corrected chi connectivity index (χ3v) is 2.29. The topological polar surface area (TPSA) is 53.4 Å². The molecule has 0 fully saturated rings. The van der Waals surface area contributed by atoms with E-state index in [1.165, 1.54) is 6.92 Å². The number of aromatic nitrogens is 2. The van der Waals surface area contributed by atoms with Crippen molar-refractivity contribution >= 4 is 5.78 Å². The van der Waals surface area contributed by atoms with Gasteiger partial charge in [-0.05, 0) is 31.2 Å². The summed E-state index contributed by atoms with van der Waals surface area (Å²) in [7, 11) is 1.61. The number of rotatable bonds is 5.